The van der Waals surface area contributed by atoms with Gasteiger partial charge in [-0.25, -0.2) is 4.79 Å². The lowest BCUT2D eigenvalue weighted by atomic mass is 10.1. The third-order valence-electron chi connectivity index (χ3n) is 3.63. The van der Waals surface area contributed by atoms with E-state index in [4.69, 9.17) is 20.8 Å². The molecule has 6 nitrogen and oxygen atoms in total. The van der Waals surface area contributed by atoms with Gasteiger partial charge < -0.3 is 19.4 Å². The summed E-state index contributed by atoms with van der Waals surface area (Å²) in [5, 5.41) is 2.12. The number of urea groups is 1. The summed E-state index contributed by atoms with van der Waals surface area (Å²) in [4.78, 5) is 25.3. The van der Waals surface area contributed by atoms with Crippen molar-refractivity contribution < 1.29 is 31.9 Å². The van der Waals surface area contributed by atoms with Crippen molar-refractivity contribution in [2.75, 3.05) is 18.5 Å². The number of nitrogens with one attached hydrogen (secondary N) is 1. The number of esters is 1. The fourth-order valence-electron chi connectivity index (χ4n) is 2.36. The van der Waals surface area contributed by atoms with Crippen molar-refractivity contribution in [1.29, 1.82) is 0 Å². The monoisotopic (exact) mass is 418 g/mol. The van der Waals surface area contributed by atoms with E-state index >= 15 is 0 Å². The molecular formula is C18H18ClF3N2O4. The normalized spacial score (nSPS) is 11.2. The maximum Gasteiger partial charge on any atom is 0.418 e. The summed E-state index contributed by atoms with van der Waals surface area (Å²) in [6, 6.07) is 5.42. The Hall–Kier alpha value is -2.68. The molecule has 2 amide bonds. The second kappa shape index (κ2) is 9.50. The van der Waals surface area contributed by atoms with Crippen LogP contribution < -0.4 is 5.32 Å². The fourth-order valence-corrected chi connectivity index (χ4v) is 2.53. The Kier molecular flexibility index (Phi) is 7.33. The Labute approximate surface area is 164 Å². The highest BCUT2D eigenvalue weighted by Gasteiger charge is 2.34. The van der Waals surface area contributed by atoms with Crippen molar-refractivity contribution in [2.45, 2.75) is 26.1 Å². The van der Waals surface area contributed by atoms with E-state index in [0.29, 0.717) is 5.76 Å². The molecule has 0 aliphatic heterocycles. The molecule has 0 spiro atoms. The average Bonchev–Trinajstić information content (AvgIpc) is 3.12. The molecule has 1 N–H and O–H groups in total. The molecule has 2 rings (SSSR count). The topological polar surface area (TPSA) is 71.8 Å². The van der Waals surface area contributed by atoms with E-state index in [2.05, 4.69) is 5.32 Å². The van der Waals surface area contributed by atoms with Crippen molar-refractivity contribution in [2.24, 2.45) is 0 Å². The van der Waals surface area contributed by atoms with Crippen molar-refractivity contribution in [3.05, 3.63) is 52.9 Å². The number of nitrogens with zero attached hydrogens (tertiary/aromatic N) is 1. The summed E-state index contributed by atoms with van der Waals surface area (Å²) in [6.07, 6.45) is -3.42. The highest BCUT2D eigenvalue weighted by atomic mass is 35.5. The number of hydrogen-bond donors (Lipinski definition) is 1. The molecule has 28 heavy (non-hydrogen) atoms. The zero-order valence-electron chi connectivity index (χ0n) is 14.9. The van der Waals surface area contributed by atoms with Crippen LogP contribution in [0.5, 0.6) is 0 Å². The number of ether oxygens (including phenoxy) is 1. The highest BCUT2D eigenvalue weighted by molar-refractivity contribution is 6.30. The Morgan fingerprint density at radius 2 is 2.04 bits per heavy atom. The van der Waals surface area contributed by atoms with Crippen LogP contribution in [0, 0.1) is 0 Å². The number of halogens is 4. The molecule has 0 radical (unpaired) electrons. The average molecular weight is 419 g/mol. The highest BCUT2D eigenvalue weighted by Crippen LogP contribution is 2.36. The van der Waals surface area contributed by atoms with Gasteiger partial charge in [0.25, 0.3) is 0 Å². The van der Waals surface area contributed by atoms with Gasteiger partial charge in [-0.15, -0.1) is 0 Å². The largest absolute Gasteiger partial charge is 0.467 e. The van der Waals surface area contributed by atoms with Gasteiger partial charge in [0.2, 0.25) is 0 Å². The first kappa shape index (κ1) is 21.6. The molecule has 1 aromatic heterocycles. The van der Waals surface area contributed by atoms with Crippen molar-refractivity contribution in [3.63, 3.8) is 0 Å². The number of alkyl halides is 3. The smallest absolute Gasteiger partial charge is 0.418 e. The van der Waals surface area contributed by atoms with Gasteiger partial charge >= 0.3 is 18.2 Å². The minimum atomic E-state index is -4.70. The number of benzene rings is 1. The van der Waals surface area contributed by atoms with E-state index in [1.165, 1.54) is 12.3 Å². The molecule has 0 bridgehead atoms. The molecule has 0 aliphatic carbocycles. The van der Waals surface area contributed by atoms with E-state index in [-0.39, 0.29) is 31.1 Å². The molecule has 0 saturated carbocycles. The summed E-state index contributed by atoms with van der Waals surface area (Å²) in [5.74, 6) is -0.117. The first-order chi connectivity index (χ1) is 13.2. The summed E-state index contributed by atoms with van der Waals surface area (Å²) >= 11 is 5.64. The lowest BCUT2D eigenvalue weighted by molar-refractivity contribution is -0.143. The zero-order valence-corrected chi connectivity index (χ0v) is 15.6. The van der Waals surface area contributed by atoms with Gasteiger partial charge in [-0.3, -0.25) is 4.79 Å². The summed E-state index contributed by atoms with van der Waals surface area (Å²) < 4.78 is 49.7. The first-order valence-electron chi connectivity index (χ1n) is 8.31. The SMILES string of the molecule is CCOC(=O)CCN(Cc1ccco1)C(=O)Nc1ccc(Cl)cc1C(F)(F)F. The lowest BCUT2D eigenvalue weighted by Crippen LogP contribution is -2.36. The molecule has 0 fully saturated rings. The van der Waals surface area contributed by atoms with Crippen molar-refractivity contribution in [1.82, 2.24) is 4.90 Å². The molecule has 152 valence electrons. The molecule has 0 atom stereocenters. The number of carbonyl (C=O) groups excluding carboxylic acids is 2. The minimum Gasteiger partial charge on any atom is -0.467 e. The molecule has 2 aromatic rings. The molecular weight excluding hydrogens is 401 g/mol. The number of hydrogen-bond acceptors (Lipinski definition) is 4. The Bertz CT molecular complexity index is 810. The number of rotatable bonds is 7. The van der Waals surface area contributed by atoms with E-state index in [0.717, 1.165) is 17.0 Å². The molecule has 1 aromatic carbocycles. The van der Waals surface area contributed by atoms with Gasteiger partial charge in [0.1, 0.15) is 5.76 Å². The third-order valence-corrected chi connectivity index (χ3v) is 3.87. The van der Waals surface area contributed by atoms with E-state index in [9.17, 15) is 22.8 Å². The van der Waals surface area contributed by atoms with Crippen LogP contribution in [0.2, 0.25) is 5.02 Å². The van der Waals surface area contributed by atoms with Crippen molar-refractivity contribution >= 4 is 29.3 Å². The summed E-state index contributed by atoms with van der Waals surface area (Å²) in [5.41, 5.74) is -1.51. The first-order valence-corrected chi connectivity index (χ1v) is 8.69. The van der Waals surface area contributed by atoms with Gasteiger partial charge in [-0.2, -0.15) is 13.2 Å². The zero-order chi connectivity index (χ0) is 20.7. The minimum absolute atomic E-state index is 0.0345. The van der Waals surface area contributed by atoms with Gasteiger partial charge in [0.05, 0.1) is 37.1 Å². The molecule has 1 heterocycles. The van der Waals surface area contributed by atoms with Crippen molar-refractivity contribution in [3.8, 4) is 0 Å². The number of furan rings is 1. The van der Waals surface area contributed by atoms with E-state index in [1.54, 1.807) is 19.1 Å². The standard InChI is InChI=1S/C18H18ClF3N2O4/c1-2-27-16(25)7-8-24(11-13-4-3-9-28-13)17(26)23-15-6-5-12(19)10-14(15)18(20,21)22/h3-6,9-10H,2,7-8,11H2,1H3,(H,23,26). The third kappa shape index (κ3) is 6.19. The van der Waals surface area contributed by atoms with Crippen LogP contribution in [0.3, 0.4) is 0 Å². The molecule has 0 saturated heterocycles. The van der Waals surface area contributed by atoms with Crippen LogP contribution in [-0.4, -0.2) is 30.1 Å². The van der Waals surface area contributed by atoms with E-state index in [1.807, 2.05) is 0 Å². The number of anilines is 1. The Balaban J connectivity index is 2.18. The number of carbonyl (C=O) groups is 2. The van der Waals surface area contributed by atoms with Crippen LogP contribution >= 0.6 is 11.6 Å². The second-order valence-corrected chi connectivity index (χ2v) is 6.11. The predicted molar refractivity (Wildman–Crippen MR) is 95.8 cm³/mol. The predicted octanol–water partition coefficient (Wildman–Crippen LogP) is 4.94. The van der Waals surface area contributed by atoms with Gasteiger partial charge in [0, 0.05) is 11.6 Å². The van der Waals surface area contributed by atoms with Crippen LogP contribution in [0.4, 0.5) is 23.7 Å². The Morgan fingerprint density at radius 3 is 2.64 bits per heavy atom. The quantitative estimate of drug-likeness (QED) is 0.646. The maximum atomic E-state index is 13.2. The van der Waals surface area contributed by atoms with Crippen LogP contribution in [0.15, 0.2) is 41.0 Å². The van der Waals surface area contributed by atoms with Crippen LogP contribution in [0.1, 0.15) is 24.7 Å². The molecule has 0 unspecified atom stereocenters. The van der Waals surface area contributed by atoms with Gasteiger partial charge in [0.15, 0.2) is 0 Å². The van der Waals surface area contributed by atoms with Crippen LogP contribution in [-0.2, 0) is 22.3 Å². The van der Waals surface area contributed by atoms with Gasteiger partial charge in [-0.05, 0) is 37.3 Å². The second-order valence-electron chi connectivity index (χ2n) is 5.67. The molecule has 10 heteroatoms. The fraction of sp³-hybridized carbons (Fsp3) is 0.333. The number of amides is 2. The maximum absolute atomic E-state index is 13.2. The lowest BCUT2D eigenvalue weighted by Gasteiger charge is -2.23. The summed E-state index contributed by atoms with van der Waals surface area (Å²) in [7, 11) is 0. The van der Waals surface area contributed by atoms with Gasteiger partial charge in [-0.1, -0.05) is 11.6 Å². The van der Waals surface area contributed by atoms with Crippen LogP contribution in [0.25, 0.3) is 0 Å². The summed E-state index contributed by atoms with van der Waals surface area (Å²) in [6.45, 7) is 1.72. The Morgan fingerprint density at radius 1 is 1.29 bits per heavy atom. The van der Waals surface area contributed by atoms with E-state index < -0.39 is 29.4 Å². The molecule has 0 aliphatic rings.